The number of hydrogen-bond acceptors (Lipinski definition) is 4. The number of aliphatic hydroxyl groups excluding tert-OH is 2. The molecule has 0 aliphatic rings. The molecule has 4 heteroatoms. The summed E-state index contributed by atoms with van der Waals surface area (Å²) in [6.07, 6.45) is 0. The molecule has 0 aliphatic heterocycles. The molecule has 1 rings (SSSR count). The summed E-state index contributed by atoms with van der Waals surface area (Å²) in [6.45, 7) is -0.250. The molecule has 0 spiro atoms. The van der Waals surface area contributed by atoms with Gasteiger partial charge in [0.2, 0.25) is 0 Å². The number of benzene rings is 1. The van der Waals surface area contributed by atoms with E-state index in [0.29, 0.717) is 0 Å². The molecule has 4 N–H and O–H groups in total. The first-order valence-corrected chi connectivity index (χ1v) is 3.40. The molecule has 1 aromatic rings. The number of aliphatic hydroxyl groups is 2. The molecule has 0 aliphatic carbocycles. The van der Waals surface area contributed by atoms with Gasteiger partial charge in [-0.15, -0.1) is 0 Å². The fourth-order valence-corrected chi connectivity index (χ4v) is 0.493. The van der Waals surface area contributed by atoms with Gasteiger partial charge in [0.05, 0.1) is 13.2 Å². The highest BCUT2D eigenvalue weighted by atomic mass is 16.3. The summed E-state index contributed by atoms with van der Waals surface area (Å²) < 4.78 is 0. The predicted octanol–water partition coefficient (Wildman–Crippen LogP) is 0.0688. The molecule has 1 aromatic carbocycles. The van der Waals surface area contributed by atoms with Crippen molar-refractivity contribution in [1.82, 2.24) is 0 Å². The lowest BCUT2D eigenvalue weighted by atomic mass is 10.3. The first kappa shape index (κ1) is 10.7. The Labute approximate surface area is 70.3 Å². The number of rotatable bonds is 1. The van der Waals surface area contributed by atoms with Crippen LogP contribution in [0.2, 0.25) is 0 Å². The lowest BCUT2D eigenvalue weighted by Gasteiger charge is -1.89. The fraction of sp³-hybridized carbons (Fsp3) is 0.250. The molecular formula is C8H12O4. The summed E-state index contributed by atoms with van der Waals surface area (Å²) in [6, 6.07) is 5.85. The minimum atomic E-state index is -0.125. The van der Waals surface area contributed by atoms with Gasteiger partial charge in [-0.05, 0) is 12.1 Å². The lowest BCUT2D eigenvalue weighted by Crippen LogP contribution is -1.85. The fourth-order valence-electron chi connectivity index (χ4n) is 0.493. The normalized spacial score (nSPS) is 8.50. The van der Waals surface area contributed by atoms with E-state index in [1.165, 1.54) is 18.2 Å². The third kappa shape index (κ3) is 5.52. The van der Waals surface area contributed by atoms with Gasteiger partial charge in [0.15, 0.2) is 0 Å². The Morgan fingerprint density at radius 2 is 1.33 bits per heavy atom. The molecule has 0 atom stereocenters. The Hall–Kier alpha value is -1.26. The van der Waals surface area contributed by atoms with Crippen molar-refractivity contribution in [2.75, 3.05) is 13.2 Å². The third-order valence-electron chi connectivity index (χ3n) is 0.930. The van der Waals surface area contributed by atoms with Crippen LogP contribution >= 0.6 is 0 Å². The molecule has 68 valence electrons. The van der Waals surface area contributed by atoms with Crippen molar-refractivity contribution in [1.29, 1.82) is 0 Å². The molecule has 4 nitrogen and oxygen atoms in total. The summed E-state index contributed by atoms with van der Waals surface area (Å²) in [5.41, 5.74) is 0. The maximum absolute atomic E-state index is 8.65. The van der Waals surface area contributed by atoms with Crippen LogP contribution < -0.4 is 0 Å². The molecule has 0 heterocycles. The topological polar surface area (TPSA) is 80.9 Å². The highest BCUT2D eigenvalue weighted by Crippen LogP contribution is 2.14. The second-order valence-electron chi connectivity index (χ2n) is 1.97. The monoisotopic (exact) mass is 172 g/mol. The van der Waals surface area contributed by atoms with Crippen LogP contribution in [0.15, 0.2) is 24.3 Å². The van der Waals surface area contributed by atoms with Crippen LogP contribution in [0, 0.1) is 0 Å². The largest absolute Gasteiger partial charge is 0.508 e. The Morgan fingerprint density at radius 3 is 1.50 bits per heavy atom. The van der Waals surface area contributed by atoms with Gasteiger partial charge in [-0.2, -0.15) is 0 Å². The standard InChI is InChI=1S/C6H6O2.C2H6O2/c7-5-2-1-3-6(8)4-5;3-1-2-4/h1-4,7-8H;3-4H,1-2H2. The molecule has 12 heavy (non-hydrogen) atoms. The van der Waals surface area contributed by atoms with E-state index in [0.717, 1.165) is 0 Å². The van der Waals surface area contributed by atoms with Crippen molar-refractivity contribution in [3.63, 3.8) is 0 Å². The molecular weight excluding hydrogens is 160 g/mol. The Morgan fingerprint density at radius 1 is 0.917 bits per heavy atom. The number of phenols is 2. The van der Waals surface area contributed by atoms with Crippen molar-refractivity contribution < 1.29 is 20.4 Å². The van der Waals surface area contributed by atoms with Crippen molar-refractivity contribution in [2.24, 2.45) is 0 Å². The molecule has 0 unspecified atom stereocenters. The Bertz CT molecular complexity index is 193. The second-order valence-corrected chi connectivity index (χ2v) is 1.97. The van der Waals surface area contributed by atoms with Crippen LogP contribution in [0.1, 0.15) is 0 Å². The van der Waals surface area contributed by atoms with E-state index >= 15 is 0 Å². The Kier molecular flexibility index (Phi) is 5.77. The molecule has 0 radical (unpaired) electrons. The van der Waals surface area contributed by atoms with E-state index in [1.54, 1.807) is 6.07 Å². The van der Waals surface area contributed by atoms with Gasteiger partial charge in [-0.3, -0.25) is 0 Å². The van der Waals surface area contributed by atoms with Gasteiger partial charge in [0.1, 0.15) is 11.5 Å². The number of aromatic hydroxyl groups is 2. The van der Waals surface area contributed by atoms with Crippen LogP contribution in [0.25, 0.3) is 0 Å². The lowest BCUT2D eigenvalue weighted by molar-refractivity contribution is 0.186. The minimum Gasteiger partial charge on any atom is -0.508 e. The Balaban J connectivity index is 0.000000261. The summed E-state index contributed by atoms with van der Waals surface area (Å²) in [4.78, 5) is 0. The van der Waals surface area contributed by atoms with E-state index in [4.69, 9.17) is 20.4 Å². The molecule has 0 saturated heterocycles. The second kappa shape index (κ2) is 6.45. The average molecular weight is 172 g/mol. The smallest absolute Gasteiger partial charge is 0.119 e. The zero-order chi connectivity index (χ0) is 9.40. The number of hydrogen-bond donors (Lipinski definition) is 4. The van der Waals surface area contributed by atoms with E-state index < -0.39 is 0 Å². The zero-order valence-corrected chi connectivity index (χ0v) is 6.51. The van der Waals surface area contributed by atoms with Crippen LogP contribution in [-0.4, -0.2) is 33.6 Å². The van der Waals surface area contributed by atoms with Crippen LogP contribution in [0.5, 0.6) is 11.5 Å². The van der Waals surface area contributed by atoms with Gasteiger partial charge in [0.25, 0.3) is 0 Å². The first-order valence-electron chi connectivity index (χ1n) is 3.40. The predicted molar refractivity (Wildman–Crippen MR) is 43.9 cm³/mol. The van der Waals surface area contributed by atoms with Gasteiger partial charge >= 0.3 is 0 Å². The van der Waals surface area contributed by atoms with Crippen molar-refractivity contribution in [3.8, 4) is 11.5 Å². The van der Waals surface area contributed by atoms with Gasteiger partial charge in [-0.1, -0.05) is 6.07 Å². The van der Waals surface area contributed by atoms with Crippen molar-refractivity contribution in [3.05, 3.63) is 24.3 Å². The molecule has 0 fully saturated rings. The number of phenolic OH excluding ortho intramolecular Hbond substituents is 2. The summed E-state index contributed by atoms with van der Waals surface area (Å²) in [7, 11) is 0. The van der Waals surface area contributed by atoms with Crippen LogP contribution in [-0.2, 0) is 0 Å². The van der Waals surface area contributed by atoms with Crippen LogP contribution in [0.4, 0.5) is 0 Å². The van der Waals surface area contributed by atoms with E-state index in [1.807, 2.05) is 0 Å². The van der Waals surface area contributed by atoms with Gasteiger partial charge in [0, 0.05) is 6.07 Å². The zero-order valence-electron chi connectivity index (χ0n) is 6.51. The van der Waals surface area contributed by atoms with E-state index in [2.05, 4.69) is 0 Å². The van der Waals surface area contributed by atoms with E-state index in [9.17, 15) is 0 Å². The molecule has 0 bridgehead atoms. The first-order chi connectivity index (χ1) is 5.70. The molecule has 0 aromatic heterocycles. The summed E-state index contributed by atoms with van der Waals surface area (Å²) in [5.74, 6) is 0.176. The highest BCUT2D eigenvalue weighted by molar-refractivity contribution is 5.30. The van der Waals surface area contributed by atoms with E-state index in [-0.39, 0.29) is 24.7 Å². The quantitative estimate of drug-likeness (QED) is 0.483. The van der Waals surface area contributed by atoms with Gasteiger partial charge in [-0.25, -0.2) is 0 Å². The van der Waals surface area contributed by atoms with Crippen molar-refractivity contribution >= 4 is 0 Å². The maximum Gasteiger partial charge on any atom is 0.119 e. The molecule has 0 amide bonds. The van der Waals surface area contributed by atoms with Crippen LogP contribution in [0.3, 0.4) is 0 Å². The van der Waals surface area contributed by atoms with Crippen molar-refractivity contribution in [2.45, 2.75) is 0 Å². The minimum absolute atomic E-state index is 0.0880. The average Bonchev–Trinajstić information content (AvgIpc) is 2.04. The van der Waals surface area contributed by atoms with Gasteiger partial charge < -0.3 is 20.4 Å². The molecule has 0 saturated carbocycles. The summed E-state index contributed by atoms with van der Waals surface area (Å²) in [5, 5.41) is 32.6. The highest BCUT2D eigenvalue weighted by Gasteiger charge is 1.85. The maximum atomic E-state index is 8.65. The third-order valence-corrected chi connectivity index (χ3v) is 0.930. The summed E-state index contributed by atoms with van der Waals surface area (Å²) >= 11 is 0. The SMILES string of the molecule is OCCO.Oc1cccc(O)c1.